The third-order valence-corrected chi connectivity index (χ3v) is 3.95. The number of nitrogens with one attached hydrogen (secondary N) is 1. The molecule has 1 heterocycles. The molecule has 1 saturated heterocycles. The predicted octanol–water partition coefficient (Wildman–Crippen LogP) is 2.76. The van der Waals surface area contributed by atoms with Crippen molar-refractivity contribution in [3.63, 3.8) is 0 Å². The number of ether oxygens (including phenoxy) is 1. The van der Waals surface area contributed by atoms with Crippen LogP contribution in [0, 0.1) is 0 Å². The summed E-state index contributed by atoms with van der Waals surface area (Å²) in [5.41, 5.74) is 1.94. The minimum atomic E-state index is -0.371. The number of carbonyl (C=O) groups is 2. The van der Waals surface area contributed by atoms with Crippen molar-refractivity contribution in [3.05, 3.63) is 66.2 Å². The van der Waals surface area contributed by atoms with Crippen LogP contribution in [0.1, 0.15) is 12.0 Å². The monoisotopic (exact) mass is 324 g/mol. The van der Waals surface area contributed by atoms with Gasteiger partial charge in [-0.25, -0.2) is 4.79 Å². The van der Waals surface area contributed by atoms with Gasteiger partial charge in [0.2, 0.25) is 5.91 Å². The molecule has 3 rings (SSSR count). The van der Waals surface area contributed by atoms with Crippen LogP contribution in [0.5, 0.6) is 0 Å². The lowest BCUT2D eigenvalue weighted by molar-refractivity contribution is -0.121. The fourth-order valence-electron chi connectivity index (χ4n) is 2.67. The molecular weight excluding hydrogens is 304 g/mol. The lowest BCUT2D eigenvalue weighted by Gasteiger charge is -2.12. The number of anilines is 1. The Morgan fingerprint density at radius 2 is 1.75 bits per heavy atom. The standard InChI is InChI=1S/C19H20N2O3/c22-18(12-11-15-7-3-1-4-8-15)20-13-17-14-21(19(23)24-17)16-9-5-2-6-10-16/h1-10,17H,11-14H2,(H,20,22). The van der Waals surface area contributed by atoms with Gasteiger partial charge in [0.05, 0.1) is 13.1 Å². The lowest BCUT2D eigenvalue weighted by atomic mass is 10.1. The fraction of sp³-hybridized carbons (Fsp3) is 0.263. The van der Waals surface area contributed by atoms with Crippen molar-refractivity contribution in [2.24, 2.45) is 0 Å². The van der Waals surface area contributed by atoms with Crippen molar-refractivity contribution in [3.8, 4) is 0 Å². The van der Waals surface area contributed by atoms with Gasteiger partial charge in [0.1, 0.15) is 6.10 Å². The Hall–Kier alpha value is -2.82. The number of aryl methyl sites for hydroxylation is 1. The highest BCUT2D eigenvalue weighted by molar-refractivity contribution is 5.89. The first-order valence-electron chi connectivity index (χ1n) is 8.06. The topological polar surface area (TPSA) is 58.6 Å². The lowest BCUT2D eigenvalue weighted by Crippen LogP contribution is -2.34. The number of rotatable bonds is 6. The average molecular weight is 324 g/mol. The molecule has 1 aliphatic heterocycles. The first-order chi connectivity index (χ1) is 11.7. The molecule has 1 fully saturated rings. The SMILES string of the molecule is O=C(CCc1ccccc1)NCC1CN(c2ccccc2)C(=O)O1. The average Bonchev–Trinajstić information content (AvgIpc) is 3.00. The van der Waals surface area contributed by atoms with Crippen LogP contribution >= 0.6 is 0 Å². The van der Waals surface area contributed by atoms with E-state index in [0.717, 1.165) is 11.3 Å². The van der Waals surface area contributed by atoms with Gasteiger partial charge in [-0.15, -0.1) is 0 Å². The highest BCUT2D eigenvalue weighted by atomic mass is 16.6. The van der Waals surface area contributed by atoms with E-state index in [1.807, 2.05) is 60.7 Å². The van der Waals surface area contributed by atoms with Crippen molar-refractivity contribution in [2.45, 2.75) is 18.9 Å². The number of cyclic esters (lactones) is 1. The Labute approximate surface area is 141 Å². The summed E-state index contributed by atoms with van der Waals surface area (Å²) in [6, 6.07) is 19.3. The van der Waals surface area contributed by atoms with E-state index in [1.54, 1.807) is 4.90 Å². The van der Waals surface area contributed by atoms with E-state index >= 15 is 0 Å². The summed E-state index contributed by atoms with van der Waals surface area (Å²) in [4.78, 5) is 25.5. The number of carbonyl (C=O) groups excluding carboxylic acids is 2. The van der Waals surface area contributed by atoms with Gasteiger partial charge in [0.25, 0.3) is 0 Å². The normalized spacial score (nSPS) is 16.8. The molecule has 124 valence electrons. The van der Waals surface area contributed by atoms with Crippen LogP contribution < -0.4 is 10.2 Å². The third kappa shape index (κ3) is 4.13. The predicted molar refractivity (Wildman–Crippen MR) is 91.8 cm³/mol. The zero-order valence-corrected chi connectivity index (χ0v) is 13.4. The number of hydrogen-bond donors (Lipinski definition) is 1. The van der Waals surface area contributed by atoms with E-state index in [-0.39, 0.29) is 18.1 Å². The van der Waals surface area contributed by atoms with E-state index in [9.17, 15) is 9.59 Å². The molecule has 24 heavy (non-hydrogen) atoms. The third-order valence-electron chi connectivity index (χ3n) is 3.95. The summed E-state index contributed by atoms with van der Waals surface area (Å²) in [5.74, 6) is -0.0342. The molecule has 0 spiro atoms. The molecule has 5 nitrogen and oxygen atoms in total. The van der Waals surface area contributed by atoms with Gasteiger partial charge in [-0.3, -0.25) is 9.69 Å². The minimum Gasteiger partial charge on any atom is -0.442 e. The molecule has 0 bridgehead atoms. The molecule has 0 radical (unpaired) electrons. The highest BCUT2D eigenvalue weighted by Crippen LogP contribution is 2.20. The summed E-state index contributed by atoms with van der Waals surface area (Å²) in [6.07, 6.45) is 0.434. The van der Waals surface area contributed by atoms with Crippen molar-refractivity contribution >= 4 is 17.7 Å². The van der Waals surface area contributed by atoms with Crippen molar-refractivity contribution in [1.82, 2.24) is 5.32 Å². The Morgan fingerprint density at radius 1 is 1.08 bits per heavy atom. The van der Waals surface area contributed by atoms with Gasteiger partial charge in [-0.2, -0.15) is 0 Å². The number of benzene rings is 2. The number of para-hydroxylation sites is 1. The van der Waals surface area contributed by atoms with E-state index in [4.69, 9.17) is 4.74 Å². The van der Waals surface area contributed by atoms with Crippen LogP contribution in [0.3, 0.4) is 0 Å². The van der Waals surface area contributed by atoms with E-state index in [2.05, 4.69) is 5.32 Å². The van der Waals surface area contributed by atoms with E-state index < -0.39 is 0 Å². The Kier molecular flexibility index (Phi) is 5.11. The summed E-state index contributed by atoms with van der Waals surface area (Å²) in [5, 5.41) is 2.84. The van der Waals surface area contributed by atoms with Gasteiger partial charge < -0.3 is 10.1 Å². The Bertz CT molecular complexity index is 688. The molecule has 0 aromatic heterocycles. The zero-order chi connectivity index (χ0) is 16.8. The fourth-order valence-corrected chi connectivity index (χ4v) is 2.67. The maximum absolute atomic E-state index is 11.9. The van der Waals surface area contributed by atoms with E-state index in [0.29, 0.717) is 25.9 Å². The van der Waals surface area contributed by atoms with Crippen LogP contribution in [-0.4, -0.2) is 31.2 Å². The molecule has 2 amide bonds. The molecule has 2 aromatic carbocycles. The van der Waals surface area contributed by atoms with Gasteiger partial charge >= 0.3 is 6.09 Å². The quantitative estimate of drug-likeness (QED) is 0.889. The van der Waals surface area contributed by atoms with Crippen molar-refractivity contribution in [2.75, 3.05) is 18.0 Å². The van der Waals surface area contributed by atoms with E-state index in [1.165, 1.54) is 0 Å². The van der Waals surface area contributed by atoms with Gasteiger partial charge in [0, 0.05) is 12.1 Å². The van der Waals surface area contributed by atoms with Crippen LogP contribution in [-0.2, 0) is 16.0 Å². The molecule has 2 aromatic rings. The summed E-state index contributed by atoms with van der Waals surface area (Å²) in [6.45, 7) is 0.782. The molecular formula is C19H20N2O3. The second kappa shape index (κ2) is 7.64. The van der Waals surface area contributed by atoms with Gasteiger partial charge in [-0.05, 0) is 24.1 Å². The summed E-state index contributed by atoms with van der Waals surface area (Å²) >= 11 is 0. The van der Waals surface area contributed by atoms with Crippen LogP contribution in [0.25, 0.3) is 0 Å². The highest BCUT2D eigenvalue weighted by Gasteiger charge is 2.32. The largest absolute Gasteiger partial charge is 0.442 e. The molecule has 5 heteroatoms. The number of nitrogens with zero attached hydrogens (tertiary/aromatic N) is 1. The second-order valence-corrected chi connectivity index (χ2v) is 5.74. The van der Waals surface area contributed by atoms with Crippen molar-refractivity contribution < 1.29 is 14.3 Å². The van der Waals surface area contributed by atoms with Crippen LogP contribution in [0.15, 0.2) is 60.7 Å². The maximum Gasteiger partial charge on any atom is 0.414 e. The summed E-state index contributed by atoms with van der Waals surface area (Å²) < 4.78 is 5.31. The van der Waals surface area contributed by atoms with Crippen LogP contribution in [0.2, 0.25) is 0 Å². The molecule has 1 N–H and O–H groups in total. The smallest absolute Gasteiger partial charge is 0.414 e. The van der Waals surface area contributed by atoms with Crippen molar-refractivity contribution in [1.29, 1.82) is 0 Å². The Morgan fingerprint density at radius 3 is 2.46 bits per heavy atom. The molecule has 0 saturated carbocycles. The zero-order valence-electron chi connectivity index (χ0n) is 13.4. The summed E-state index contributed by atoms with van der Waals surface area (Å²) in [7, 11) is 0. The van der Waals surface area contributed by atoms with Crippen LogP contribution in [0.4, 0.5) is 10.5 Å². The maximum atomic E-state index is 11.9. The Balaban J connectivity index is 1.44. The van der Waals surface area contributed by atoms with Gasteiger partial charge in [0.15, 0.2) is 0 Å². The first-order valence-corrected chi connectivity index (χ1v) is 8.06. The molecule has 1 atom stereocenters. The first kappa shape index (κ1) is 16.1. The number of hydrogen-bond acceptors (Lipinski definition) is 3. The van der Waals surface area contributed by atoms with Gasteiger partial charge in [-0.1, -0.05) is 48.5 Å². The number of amides is 2. The molecule has 0 aliphatic carbocycles. The molecule has 1 unspecified atom stereocenters. The molecule has 1 aliphatic rings. The second-order valence-electron chi connectivity index (χ2n) is 5.74. The minimum absolute atomic E-state index is 0.0342.